The van der Waals surface area contributed by atoms with Crippen molar-refractivity contribution in [2.75, 3.05) is 6.61 Å². The van der Waals surface area contributed by atoms with Crippen molar-refractivity contribution in [1.82, 2.24) is 9.36 Å². The Bertz CT molecular complexity index is 701. The lowest BCUT2D eigenvalue weighted by molar-refractivity contribution is -0.119. The second-order valence-electron chi connectivity index (χ2n) is 5.25. The van der Waals surface area contributed by atoms with E-state index in [4.69, 9.17) is 25.8 Å². The highest BCUT2D eigenvalue weighted by molar-refractivity contribution is 7.98. The molecule has 0 aliphatic carbocycles. The van der Waals surface area contributed by atoms with Crippen LogP contribution in [0.4, 0.5) is 0 Å². The lowest BCUT2D eigenvalue weighted by Crippen LogP contribution is -2.21. The zero-order valence-corrected chi connectivity index (χ0v) is 15.0. The number of ether oxygens (including phenoxy) is 3. The first-order chi connectivity index (χ1) is 11.0. The minimum atomic E-state index is -0.626. The largest absolute Gasteiger partial charge is 0.461 e. The van der Waals surface area contributed by atoms with Crippen molar-refractivity contribution in [3.63, 3.8) is 0 Å². The number of thioether (sulfide) groups is 1. The van der Waals surface area contributed by atoms with Gasteiger partial charge in [0.15, 0.2) is 12.4 Å². The average molecular weight is 371 g/mol. The maximum atomic E-state index is 5.87. The van der Waals surface area contributed by atoms with Crippen LogP contribution in [0, 0.1) is 0 Å². The quantitative estimate of drug-likeness (QED) is 0.698. The van der Waals surface area contributed by atoms with Crippen molar-refractivity contribution in [2.24, 2.45) is 0 Å². The van der Waals surface area contributed by atoms with Gasteiger partial charge in [-0.2, -0.15) is 9.36 Å². The summed E-state index contributed by atoms with van der Waals surface area (Å²) < 4.78 is 20.7. The van der Waals surface area contributed by atoms with Crippen LogP contribution < -0.4 is 4.74 Å². The molecule has 0 atom stereocenters. The van der Waals surface area contributed by atoms with Crippen molar-refractivity contribution in [3.8, 4) is 5.19 Å². The van der Waals surface area contributed by atoms with Gasteiger partial charge in [0, 0.05) is 36.2 Å². The van der Waals surface area contributed by atoms with Gasteiger partial charge in [0.2, 0.25) is 10.9 Å². The Morgan fingerprint density at radius 1 is 1.30 bits per heavy atom. The van der Waals surface area contributed by atoms with Crippen LogP contribution in [-0.2, 0) is 15.2 Å². The predicted molar refractivity (Wildman–Crippen MR) is 90.7 cm³/mol. The highest BCUT2D eigenvalue weighted by Gasteiger charge is 2.27. The Morgan fingerprint density at radius 2 is 2.09 bits per heavy atom. The Labute approximate surface area is 147 Å². The second kappa shape index (κ2) is 6.98. The molecule has 0 amide bonds. The molecular weight excluding hydrogens is 356 g/mol. The molecule has 122 valence electrons. The molecule has 2 aromatic rings. The van der Waals surface area contributed by atoms with E-state index in [1.54, 1.807) is 18.0 Å². The smallest absolute Gasteiger partial charge is 0.294 e. The molecular formula is C15H15ClN2O3S2. The molecule has 0 N–H and O–H groups in total. The molecule has 1 aliphatic rings. The van der Waals surface area contributed by atoms with Gasteiger partial charge in [-0.25, -0.2) is 0 Å². The third-order valence-corrected chi connectivity index (χ3v) is 4.77. The van der Waals surface area contributed by atoms with Crippen molar-refractivity contribution in [3.05, 3.63) is 46.9 Å². The number of aromatic nitrogens is 2. The fourth-order valence-electron chi connectivity index (χ4n) is 1.81. The Morgan fingerprint density at radius 3 is 2.78 bits per heavy atom. The van der Waals surface area contributed by atoms with Crippen LogP contribution in [0.2, 0.25) is 5.02 Å². The van der Waals surface area contributed by atoms with Gasteiger partial charge in [0.25, 0.3) is 5.19 Å². The summed E-state index contributed by atoms with van der Waals surface area (Å²) in [5.74, 6) is 0.795. The molecule has 0 saturated carbocycles. The number of benzene rings is 1. The normalized spacial score (nSPS) is 15.7. The summed E-state index contributed by atoms with van der Waals surface area (Å²) in [6.45, 7) is 3.96. The summed E-state index contributed by atoms with van der Waals surface area (Å²) in [4.78, 5) is 4.34. The second-order valence-corrected chi connectivity index (χ2v) is 7.34. The molecule has 0 unspecified atom stereocenters. The van der Waals surface area contributed by atoms with Crippen LogP contribution in [0.1, 0.15) is 19.4 Å². The third-order valence-electron chi connectivity index (χ3n) is 2.86. The summed E-state index contributed by atoms with van der Waals surface area (Å²) in [5.41, 5.74) is 1.17. The van der Waals surface area contributed by atoms with E-state index >= 15 is 0 Å². The zero-order chi connectivity index (χ0) is 16.3. The van der Waals surface area contributed by atoms with E-state index in [0.717, 1.165) is 10.8 Å². The SMILES string of the molecule is CC1(C)OC=C(COc2nc(SCc3ccc(Cl)cc3)ns2)O1. The number of nitrogens with zero attached hydrogens (tertiary/aromatic N) is 2. The van der Waals surface area contributed by atoms with Gasteiger partial charge >= 0.3 is 0 Å². The van der Waals surface area contributed by atoms with E-state index in [0.29, 0.717) is 16.1 Å². The lowest BCUT2D eigenvalue weighted by atomic mass is 10.2. The van der Waals surface area contributed by atoms with E-state index in [2.05, 4.69) is 9.36 Å². The van der Waals surface area contributed by atoms with Gasteiger partial charge in [0.05, 0.1) is 0 Å². The number of halogens is 1. The monoisotopic (exact) mass is 370 g/mol. The molecule has 5 nitrogen and oxygen atoms in total. The third kappa shape index (κ3) is 4.76. The Hall–Kier alpha value is -1.44. The van der Waals surface area contributed by atoms with Crippen molar-refractivity contribution < 1.29 is 14.2 Å². The molecule has 23 heavy (non-hydrogen) atoms. The van der Waals surface area contributed by atoms with Gasteiger partial charge in [-0.1, -0.05) is 35.5 Å². The highest BCUT2D eigenvalue weighted by atomic mass is 35.5. The standard InChI is InChI=1S/C15H15ClN2O3S2/c1-15(2)20-8-12(21-15)7-19-14-17-13(18-23-14)22-9-10-3-5-11(16)6-4-10/h3-6,8H,7,9H2,1-2H3. The van der Waals surface area contributed by atoms with Gasteiger partial charge in [-0.3, -0.25) is 0 Å². The first-order valence-corrected chi connectivity index (χ1v) is 9.03. The molecule has 0 radical (unpaired) electrons. The first-order valence-electron chi connectivity index (χ1n) is 6.90. The van der Waals surface area contributed by atoms with Gasteiger partial charge in [-0.05, 0) is 17.7 Å². The molecule has 2 heterocycles. The predicted octanol–water partition coefficient (Wildman–Crippen LogP) is 4.49. The molecule has 3 rings (SSSR count). The molecule has 1 aliphatic heterocycles. The molecule has 8 heteroatoms. The Kier molecular flexibility index (Phi) is 4.99. The van der Waals surface area contributed by atoms with Crippen molar-refractivity contribution in [1.29, 1.82) is 0 Å². The molecule has 0 fully saturated rings. The molecule has 0 saturated heterocycles. The lowest BCUT2D eigenvalue weighted by Gasteiger charge is -2.17. The topological polar surface area (TPSA) is 53.5 Å². The molecule has 1 aromatic carbocycles. The summed E-state index contributed by atoms with van der Waals surface area (Å²) in [6.07, 6.45) is 1.57. The van der Waals surface area contributed by atoms with E-state index < -0.39 is 5.79 Å². The van der Waals surface area contributed by atoms with E-state index in [9.17, 15) is 0 Å². The van der Waals surface area contributed by atoms with Crippen LogP contribution in [0.25, 0.3) is 0 Å². The van der Waals surface area contributed by atoms with Gasteiger partial charge in [-0.15, -0.1) is 0 Å². The summed E-state index contributed by atoms with van der Waals surface area (Å²) >= 11 is 8.64. The molecule has 0 spiro atoms. The van der Waals surface area contributed by atoms with Gasteiger partial charge in [0.1, 0.15) is 6.26 Å². The first kappa shape index (κ1) is 16.4. The molecule has 0 bridgehead atoms. The average Bonchev–Trinajstić information content (AvgIpc) is 3.11. The van der Waals surface area contributed by atoms with Crippen LogP contribution >= 0.6 is 34.9 Å². The number of hydrogen-bond donors (Lipinski definition) is 0. The number of hydrogen-bond acceptors (Lipinski definition) is 7. The summed E-state index contributed by atoms with van der Waals surface area (Å²) in [5, 5.41) is 1.94. The minimum absolute atomic E-state index is 0.278. The highest BCUT2D eigenvalue weighted by Crippen LogP contribution is 2.27. The molecule has 1 aromatic heterocycles. The van der Waals surface area contributed by atoms with E-state index in [-0.39, 0.29) is 6.61 Å². The van der Waals surface area contributed by atoms with Crippen LogP contribution in [0.3, 0.4) is 0 Å². The fourth-order valence-corrected chi connectivity index (χ4v) is 3.39. The van der Waals surface area contributed by atoms with Crippen molar-refractivity contribution in [2.45, 2.75) is 30.5 Å². The van der Waals surface area contributed by atoms with Gasteiger partial charge < -0.3 is 14.2 Å². The van der Waals surface area contributed by atoms with E-state index in [1.807, 2.05) is 38.1 Å². The maximum absolute atomic E-state index is 5.87. The summed E-state index contributed by atoms with van der Waals surface area (Å²) in [6, 6.07) is 7.73. The zero-order valence-electron chi connectivity index (χ0n) is 12.6. The van der Waals surface area contributed by atoms with E-state index in [1.165, 1.54) is 17.1 Å². The fraction of sp³-hybridized carbons (Fsp3) is 0.333. The van der Waals surface area contributed by atoms with Crippen LogP contribution in [0.5, 0.6) is 5.19 Å². The maximum Gasteiger partial charge on any atom is 0.294 e. The van der Waals surface area contributed by atoms with Crippen molar-refractivity contribution >= 4 is 34.9 Å². The summed E-state index contributed by atoms with van der Waals surface area (Å²) in [7, 11) is 0. The number of rotatable bonds is 6. The van der Waals surface area contributed by atoms with Crippen LogP contribution in [0.15, 0.2) is 41.4 Å². The Balaban J connectivity index is 1.47. The van der Waals surface area contributed by atoms with Crippen LogP contribution in [-0.4, -0.2) is 21.8 Å². The minimum Gasteiger partial charge on any atom is -0.461 e.